The van der Waals surface area contributed by atoms with Gasteiger partial charge >= 0.3 is 0 Å². The fraction of sp³-hybridized carbons (Fsp3) is 0.125. The molecule has 1 heterocycles. The normalized spacial score (nSPS) is 10.8. The Morgan fingerprint density at radius 2 is 1.82 bits per heavy atom. The molecule has 0 aliphatic carbocycles. The topological polar surface area (TPSA) is 46.9 Å². The first kappa shape index (κ1) is 14.9. The van der Waals surface area contributed by atoms with E-state index in [1.54, 1.807) is 35.1 Å². The highest BCUT2D eigenvalue weighted by Gasteiger charge is 2.07. The SMILES string of the molecule is O=C(CCn1ncc2cc(Cl)ccc21)Nc1ccc(Cl)cc1. The Balaban J connectivity index is 1.63. The largest absolute Gasteiger partial charge is 0.326 e. The minimum atomic E-state index is -0.0695. The molecule has 3 aromatic rings. The van der Waals surface area contributed by atoms with Crippen molar-refractivity contribution in [2.24, 2.45) is 0 Å². The molecule has 3 rings (SSSR count). The van der Waals surface area contributed by atoms with Crippen LogP contribution in [0, 0.1) is 0 Å². The van der Waals surface area contributed by atoms with Crippen molar-refractivity contribution in [2.45, 2.75) is 13.0 Å². The first-order valence-electron chi connectivity index (χ1n) is 6.78. The van der Waals surface area contributed by atoms with Gasteiger partial charge in [0.2, 0.25) is 5.91 Å². The average molecular weight is 334 g/mol. The fourth-order valence-electron chi connectivity index (χ4n) is 2.20. The molecule has 6 heteroatoms. The van der Waals surface area contributed by atoms with Gasteiger partial charge in [-0.05, 0) is 42.5 Å². The van der Waals surface area contributed by atoms with E-state index in [0.717, 1.165) is 16.6 Å². The number of rotatable bonds is 4. The number of halogens is 2. The summed E-state index contributed by atoms with van der Waals surface area (Å²) in [6.07, 6.45) is 2.08. The van der Waals surface area contributed by atoms with Gasteiger partial charge in [-0.2, -0.15) is 5.10 Å². The number of carbonyl (C=O) groups is 1. The molecule has 22 heavy (non-hydrogen) atoms. The van der Waals surface area contributed by atoms with Crippen LogP contribution in [0.15, 0.2) is 48.7 Å². The van der Waals surface area contributed by atoms with Crippen LogP contribution in [0.1, 0.15) is 6.42 Å². The number of hydrogen-bond acceptors (Lipinski definition) is 2. The van der Waals surface area contributed by atoms with Gasteiger partial charge in [-0.15, -0.1) is 0 Å². The van der Waals surface area contributed by atoms with E-state index in [2.05, 4.69) is 10.4 Å². The maximum Gasteiger partial charge on any atom is 0.226 e. The number of hydrogen-bond donors (Lipinski definition) is 1. The van der Waals surface area contributed by atoms with Crippen LogP contribution in [0.25, 0.3) is 10.9 Å². The van der Waals surface area contributed by atoms with E-state index >= 15 is 0 Å². The molecule has 2 aromatic carbocycles. The van der Waals surface area contributed by atoms with Gasteiger partial charge in [0.25, 0.3) is 0 Å². The minimum absolute atomic E-state index is 0.0695. The van der Waals surface area contributed by atoms with Gasteiger partial charge in [0.1, 0.15) is 0 Å². The zero-order valence-corrected chi connectivity index (χ0v) is 13.1. The third kappa shape index (κ3) is 3.40. The third-order valence-electron chi connectivity index (χ3n) is 3.28. The molecule has 112 valence electrons. The molecular formula is C16H13Cl2N3O. The van der Waals surface area contributed by atoms with Crippen LogP contribution in [-0.4, -0.2) is 15.7 Å². The van der Waals surface area contributed by atoms with Gasteiger partial charge < -0.3 is 5.32 Å². The number of aryl methyl sites for hydroxylation is 1. The second-order valence-electron chi connectivity index (χ2n) is 4.88. The van der Waals surface area contributed by atoms with Crippen molar-refractivity contribution in [1.29, 1.82) is 0 Å². The quantitative estimate of drug-likeness (QED) is 0.770. The summed E-state index contributed by atoms with van der Waals surface area (Å²) in [4.78, 5) is 12.0. The van der Waals surface area contributed by atoms with Crippen LogP contribution in [-0.2, 0) is 11.3 Å². The Kier molecular flexibility index (Phi) is 4.32. The Morgan fingerprint density at radius 1 is 1.09 bits per heavy atom. The van der Waals surface area contributed by atoms with E-state index in [1.165, 1.54) is 0 Å². The van der Waals surface area contributed by atoms with Crippen LogP contribution >= 0.6 is 23.2 Å². The molecule has 1 N–H and O–H groups in total. The maximum absolute atomic E-state index is 12.0. The van der Waals surface area contributed by atoms with Gasteiger partial charge in [-0.3, -0.25) is 9.48 Å². The van der Waals surface area contributed by atoms with Crippen LogP contribution < -0.4 is 5.32 Å². The number of benzene rings is 2. The number of nitrogens with zero attached hydrogens (tertiary/aromatic N) is 2. The summed E-state index contributed by atoms with van der Waals surface area (Å²) in [5.41, 5.74) is 1.69. The highest BCUT2D eigenvalue weighted by molar-refractivity contribution is 6.31. The number of fused-ring (bicyclic) bond motifs is 1. The number of aromatic nitrogens is 2. The molecule has 0 spiro atoms. The van der Waals surface area contributed by atoms with E-state index < -0.39 is 0 Å². The van der Waals surface area contributed by atoms with Crippen LogP contribution in [0.5, 0.6) is 0 Å². The minimum Gasteiger partial charge on any atom is -0.326 e. The van der Waals surface area contributed by atoms with Crippen molar-refractivity contribution in [3.63, 3.8) is 0 Å². The van der Waals surface area contributed by atoms with Crippen molar-refractivity contribution in [2.75, 3.05) is 5.32 Å². The summed E-state index contributed by atoms with van der Waals surface area (Å²) >= 11 is 11.8. The van der Waals surface area contributed by atoms with Crippen molar-refractivity contribution in [3.8, 4) is 0 Å². The van der Waals surface area contributed by atoms with Crippen molar-refractivity contribution < 1.29 is 4.79 Å². The molecule has 0 aliphatic rings. The van der Waals surface area contributed by atoms with E-state index in [-0.39, 0.29) is 5.91 Å². The molecule has 0 saturated heterocycles. The summed E-state index contributed by atoms with van der Waals surface area (Å²) in [5.74, 6) is -0.0695. The Bertz CT molecular complexity index is 812. The fourth-order valence-corrected chi connectivity index (χ4v) is 2.51. The number of carbonyl (C=O) groups excluding carboxylic acids is 1. The Morgan fingerprint density at radius 3 is 2.59 bits per heavy atom. The molecule has 0 fully saturated rings. The lowest BCUT2D eigenvalue weighted by molar-refractivity contribution is -0.116. The van der Waals surface area contributed by atoms with Crippen molar-refractivity contribution >= 4 is 45.7 Å². The molecule has 0 saturated carbocycles. The molecule has 0 atom stereocenters. The highest BCUT2D eigenvalue weighted by atomic mass is 35.5. The first-order valence-corrected chi connectivity index (χ1v) is 7.54. The Hall–Kier alpha value is -2.04. The van der Waals surface area contributed by atoms with Gasteiger partial charge in [-0.25, -0.2) is 0 Å². The van der Waals surface area contributed by atoms with Gasteiger partial charge in [-0.1, -0.05) is 23.2 Å². The molecule has 0 unspecified atom stereocenters. The second-order valence-corrected chi connectivity index (χ2v) is 5.75. The van der Waals surface area contributed by atoms with Gasteiger partial charge in [0, 0.05) is 27.5 Å². The summed E-state index contributed by atoms with van der Waals surface area (Å²) in [5, 5.41) is 9.39. The molecule has 1 aromatic heterocycles. The monoisotopic (exact) mass is 333 g/mol. The molecule has 1 amide bonds. The number of nitrogens with one attached hydrogen (secondary N) is 1. The molecule has 0 aliphatic heterocycles. The lowest BCUT2D eigenvalue weighted by atomic mass is 10.2. The summed E-state index contributed by atoms with van der Waals surface area (Å²) < 4.78 is 1.80. The van der Waals surface area contributed by atoms with Crippen LogP contribution in [0.3, 0.4) is 0 Å². The average Bonchev–Trinajstić information content (AvgIpc) is 2.89. The number of amides is 1. The maximum atomic E-state index is 12.0. The molecular weight excluding hydrogens is 321 g/mol. The number of anilines is 1. The van der Waals surface area contributed by atoms with E-state index in [4.69, 9.17) is 23.2 Å². The van der Waals surface area contributed by atoms with Crippen LogP contribution in [0.2, 0.25) is 10.0 Å². The Labute approximate surface area is 137 Å². The van der Waals surface area contributed by atoms with E-state index in [9.17, 15) is 4.79 Å². The van der Waals surface area contributed by atoms with Crippen molar-refractivity contribution in [3.05, 3.63) is 58.7 Å². The third-order valence-corrected chi connectivity index (χ3v) is 3.77. The van der Waals surface area contributed by atoms with Gasteiger partial charge in [0.05, 0.1) is 18.3 Å². The van der Waals surface area contributed by atoms with Crippen LogP contribution in [0.4, 0.5) is 5.69 Å². The smallest absolute Gasteiger partial charge is 0.226 e. The molecule has 4 nitrogen and oxygen atoms in total. The van der Waals surface area contributed by atoms with E-state index in [1.807, 2.05) is 18.2 Å². The summed E-state index contributed by atoms with van der Waals surface area (Å²) in [7, 11) is 0. The highest BCUT2D eigenvalue weighted by Crippen LogP contribution is 2.19. The lowest BCUT2D eigenvalue weighted by Crippen LogP contribution is -2.14. The zero-order chi connectivity index (χ0) is 15.5. The second kappa shape index (κ2) is 6.38. The summed E-state index contributed by atoms with van der Waals surface area (Å²) in [6.45, 7) is 0.505. The first-order chi connectivity index (χ1) is 10.6. The van der Waals surface area contributed by atoms with Crippen molar-refractivity contribution in [1.82, 2.24) is 9.78 Å². The van der Waals surface area contributed by atoms with E-state index in [0.29, 0.717) is 23.0 Å². The lowest BCUT2D eigenvalue weighted by Gasteiger charge is -2.06. The van der Waals surface area contributed by atoms with Gasteiger partial charge in [0.15, 0.2) is 0 Å². The zero-order valence-electron chi connectivity index (χ0n) is 11.6. The molecule has 0 bridgehead atoms. The molecule has 0 radical (unpaired) electrons. The summed E-state index contributed by atoms with van der Waals surface area (Å²) in [6, 6.07) is 12.6. The predicted molar refractivity (Wildman–Crippen MR) is 89.4 cm³/mol. The predicted octanol–water partition coefficient (Wildman–Crippen LogP) is 4.37. The standard InChI is InChI=1S/C16H13Cl2N3O/c17-12-1-4-14(5-2-12)20-16(22)7-8-21-15-6-3-13(18)9-11(15)10-19-21/h1-6,9-10H,7-8H2,(H,20,22).